The number of anilines is 1. The number of sulfonamides is 1. The van der Waals surface area contributed by atoms with Crippen LogP contribution in [0.3, 0.4) is 0 Å². The van der Waals surface area contributed by atoms with Gasteiger partial charge in [-0.3, -0.25) is 4.79 Å². The second-order valence-corrected chi connectivity index (χ2v) is 7.73. The van der Waals surface area contributed by atoms with Gasteiger partial charge in [0.2, 0.25) is 15.9 Å². The van der Waals surface area contributed by atoms with Gasteiger partial charge in [0.1, 0.15) is 0 Å². The predicted molar refractivity (Wildman–Crippen MR) is 93.7 cm³/mol. The first-order valence-corrected chi connectivity index (χ1v) is 9.21. The number of hydrogen-bond acceptors (Lipinski definition) is 3. The molecule has 7 heteroatoms. The highest BCUT2D eigenvalue weighted by atomic mass is 79.9. The number of para-hydroxylation sites is 1. The van der Waals surface area contributed by atoms with Crippen molar-refractivity contribution in [1.29, 1.82) is 0 Å². The van der Waals surface area contributed by atoms with Crippen molar-refractivity contribution in [3.05, 3.63) is 58.6 Å². The first kappa shape index (κ1) is 17.7. The van der Waals surface area contributed by atoms with Gasteiger partial charge in [0.05, 0.1) is 10.9 Å². The van der Waals surface area contributed by atoms with E-state index in [1.54, 1.807) is 24.3 Å². The molecule has 2 rings (SSSR count). The summed E-state index contributed by atoms with van der Waals surface area (Å²) in [7, 11) is -3.76. The van der Waals surface area contributed by atoms with Gasteiger partial charge < -0.3 is 5.32 Å². The van der Waals surface area contributed by atoms with Gasteiger partial charge in [-0.05, 0) is 49.7 Å². The van der Waals surface area contributed by atoms with Gasteiger partial charge >= 0.3 is 0 Å². The molecule has 1 atom stereocenters. The van der Waals surface area contributed by atoms with Gasteiger partial charge in [-0.2, -0.15) is 4.72 Å². The Morgan fingerprint density at radius 1 is 1.09 bits per heavy atom. The summed E-state index contributed by atoms with van der Waals surface area (Å²) in [4.78, 5) is 12.3. The lowest BCUT2D eigenvalue weighted by Crippen LogP contribution is -2.41. The average Bonchev–Trinajstić information content (AvgIpc) is 2.49. The second kappa shape index (κ2) is 7.25. The van der Waals surface area contributed by atoms with Gasteiger partial charge in [-0.15, -0.1) is 0 Å². The summed E-state index contributed by atoms with van der Waals surface area (Å²) < 4.78 is 27.7. The summed E-state index contributed by atoms with van der Waals surface area (Å²) in [5, 5.41) is 2.72. The third-order valence-electron chi connectivity index (χ3n) is 3.25. The molecule has 2 N–H and O–H groups in total. The molecule has 0 radical (unpaired) electrons. The molecule has 5 nitrogen and oxygen atoms in total. The van der Waals surface area contributed by atoms with Crippen LogP contribution in [0.15, 0.2) is 57.9 Å². The average molecular weight is 397 g/mol. The molecule has 0 saturated carbocycles. The van der Waals surface area contributed by atoms with E-state index in [4.69, 9.17) is 0 Å². The number of halogens is 1. The second-order valence-electron chi connectivity index (χ2n) is 5.10. The highest BCUT2D eigenvalue weighted by Crippen LogP contribution is 2.16. The van der Waals surface area contributed by atoms with Crippen molar-refractivity contribution < 1.29 is 13.2 Å². The Bertz CT molecular complexity index is 804. The molecule has 0 heterocycles. The number of hydrogen-bond donors (Lipinski definition) is 2. The quantitative estimate of drug-likeness (QED) is 0.815. The van der Waals surface area contributed by atoms with E-state index in [0.717, 1.165) is 10.0 Å². The maximum atomic E-state index is 12.3. The van der Waals surface area contributed by atoms with Gasteiger partial charge in [0.15, 0.2) is 0 Å². The van der Waals surface area contributed by atoms with E-state index in [9.17, 15) is 13.2 Å². The van der Waals surface area contributed by atoms with Crippen molar-refractivity contribution >= 4 is 37.5 Å². The molecule has 0 aliphatic rings. The molecule has 0 aliphatic carbocycles. The van der Waals surface area contributed by atoms with Crippen LogP contribution in [-0.2, 0) is 14.8 Å². The minimum absolute atomic E-state index is 0.108. The van der Waals surface area contributed by atoms with E-state index >= 15 is 0 Å². The molecular formula is C16H17BrN2O3S. The molecule has 0 aromatic heterocycles. The Labute approximate surface area is 144 Å². The van der Waals surface area contributed by atoms with Crippen molar-refractivity contribution in [2.45, 2.75) is 24.8 Å². The molecule has 0 fully saturated rings. The summed E-state index contributed by atoms with van der Waals surface area (Å²) in [6.07, 6.45) is 0. The van der Waals surface area contributed by atoms with Gasteiger partial charge in [-0.1, -0.05) is 34.1 Å². The van der Waals surface area contributed by atoms with Crippen LogP contribution in [0.25, 0.3) is 0 Å². The smallest absolute Gasteiger partial charge is 0.242 e. The number of carbonyl (C=O) groups excluding carboxylic acids is 1. The molecule has 122 valence electrons. The molecule has 0 saturated heterocycles. The summed E-state index contributed by atoms with van der Waals surface area (Å²) in [6, 6.07) is 12.6. The predicted octanol–water partition coefficient (Wildman–Crippen LogP) is 3.06. The van der Waals surface area contributed by atoms with Gasteiger partial charge in [0.25, 0.3) is 0 Å². The van der Waals surface area contributed by atoms with Crippen molar-refractivity contribution in [1.82, 2.24) is 4.72 Å². The van der Waals surface area contributed by atoms with Crippen LogP contribution in [0.5, 0.6) is 0 Å². The van der Waals surface area contributed by atoms with Crippen LogP contribution < -0.4 is 10.0 Å². The molecule has 0 aliphatic heterocycles. The first-order chi connectivity index (χ1) is 10.8. The number of aryl methyl sites for hydroxylation is 1. The van der Waals surface area contributed by atoms with E-state index in [0.29, 0.717) is 5.69 Å². The van der Waals surface area contributed by atoms with E-state index < -0.39 is 22.0 Å². The lowest BCUT2D eigenvalue weighted by Gasteiger charge is -2.15. The summed E-state index contributed by atoms with van der Waals surface area (Å²) in [6.45, 7) is 3.37. The summed E-state index contributed by atoms with van der Waals surface area (Å²) in [5.74, 6) is -0.417. The number of carbonyl (C=O) groups is 1. The van der Waals surface area contributed by atoms with E-state index in [-0.39, 0.29) is 4.90 Å². The summed E-state index contributed by atoms with van der Waals surface area (Å²) in [5.41, 5.74) is 1.57. The minimum atomic E-state index is -3.76. The zero-order valence-corrected chi connectivity index (χ0v) is 15.1. The van der Waals surface area contributed by atoms with Gasteiger partial charge in [0, 0.05) is 10.2 Å². The largest absolute Gasteiger partial charge is 0.324 e. The molecule has 2 aromatic carbocycles. The zero-order chi connectivity index (χ0) is 17.0. The van der Waals surface area contributed by atoms with Crippen molar-refractivity contribution in [3.8, 4) is 0 Å². The highest BCUT2D eigenvalue weighted by molar-refractivity contribution is 9.10. The first-order valence-electron chi connectivity index (χ1n) is 6.94. The number of benzene rings is 2. The molecule has 23 heavy (non-hydrogen) atoms. The van der Waals surface area contributed by atoms with Crippen LogP contribution in [0.2, 0.25) is 0 Å². The van der Waals surface area contributed by atoms with E-state index in [2.05, 4.69) is 26.0 Å². The zero-order valence-electron chi connectivity index (χ0n) is 12.7. The standard InChI is InChI=1S/C16H17BrN2O3S/c1-11-5-3-4-6-15(11)18-16(20)12(2)19-23(21,22)14-9-7-13(17)8-10-14/h3-10,12,19H,1-2H3,(H,18,20)/t12-/m0/s1. The fourth-order valence-electron chi connectivity index (χ4n) is 1.92. The van der Waals surface area contributed by atoms with Gasteiger partial charge in [-0.25, -0.2) is 8.42 Å². The Hall–Kier alpha value is -1.70. The number of amides is 1. The van der Waals surface area contributed by atoms with E-state index in [1.807, 2.05) is 19.1 Å². The molecule has 0 spiro atoms. The molecule has 1 amide bonds. The van der Waals surface area contributed by atoms with Crippen molar-refractivity contribution in [2.75, 3.05) is 5.32 Å². The lowest BCUT2D eigenvalue weighted by atomic mass is 10.2. The third kappa shape index (κ3) is 4.63. The maximum Gasteiger partial charge on any atom is 0.242 e. The summed E-state index contributed by atoms with van der Waals surface area (Å²) >= 11 is 3.25. The molecule has 2 aromatic rings. The van der Waals surface area contributed by atoms with Crippen LogP contribution >= 0.6 is 15.9 Å². The number of nitrogens with one attached hydrogen (secondary N) is 2. The third-order valence-corrected chi connectivity index (χ3v) is 5.34. The Morgan fingerprint density at radius 3 is 2.30 bits per heavy atom. The van der Waals surface area contributed by atoms with Crippen LogP contribution in [0.1, 0.15) is 12.5 Å². The Balaban J connectivity index is 2.08. The monoisotopic (exact) mass is 396 g/mol. The Kier molecular flexibility index (Phi) is 5.56. The normalized spacial score (nSPS) is 12.7. The molecular weight excluding hydrogens is 380 g/mol. The topological polar surface area (TPSA) is 75.3 Å². The van der Waals surface area contributed by atoms with Crippen molar-refractivity contribution in [2.24, 2.45) is 0 Å². The fraction of sp³-hybridized carbons (Fsp3) is 0.188. The fourth-order valence-corrected chi connectivity index (χ4v) is 3.39. The lowest BCUT2D eigenvalue weighted by molar-refractivity contribution is -0.117. The Morgan fingerprint density at radius 2 is 1.70 bits per heavy atom. The highest BCUT2D eigenvalue weighted by Gasteiger charge is 2.22. The van der Waals surface area contributed by atoms with Crippen molar-refractivity contribution in [3.63, 3.8) is 0 Å². The molecule has 0 unspecified atom stereocenters. The number of rotatable bonds is 5. The minimum Gasteiger partial charge on any atom is -0.324 e. The van der Waals surface area contributed by atoms with E-state index in [1.165, 1.54) is 19.1 Å². The molecule has 0 bridgehead atoms. The van der Waals surface area contributed by atoms with Crippen LogP contribution in [-0.4, -0.2) is 20.4 Å². The maximum absolute atomic E-state index is 12.3. The van der Waals surface area contributed by atoms with Crippen LogP contribution in [0.4, 0.5) is 5.69 Å². The van der Waals surface area contributed by atoms with Crippen LogP contribution in [0, 0.1) is 6.92 Å². The SMILES string of the molecule is Cc1ccccc1NC(=O)[C@H](C)NS(=O)(=O)c1ccc(Br)cc1.